The number of hydrogen-bond acceptors (Lipinski definition) is 2. The average Bonchev–Trinajstić information content (AvgIpc) is 2.15. The second-order valence-corrected chi connectivity index (χ2v) is 3.22. The molecule has 0 aliphatic heterocycles. The van der Waals surface area contributed by atoms with Gasteiger partial charge in [0.05, 0.1) is 6.61 Å². The summed E-state index contributed by atoms with van der Waals surface area (Å²) < 4.78 is 5.42. The maximum atomic E-state index is 5.85. The summed E-state index contributed by atoms with van der Waals surface area (Å²) in [6.07, 6.45) is 3.93. The van der Waals surface area contributed by atoms with Crippen molar-refractivity contribution in [2.45, 2.75) is 26.4 Å². The molecule has 0 radical (unpaired) electrons. The van der Waals surface area contributed by atoms with E-state index < -0.39 is 0 Å². The highest BCUT2D eigenvalue weighted by Crippen LogP contribution is 2.12. The minimum absolute atomic E-state index is 0.541. The first-order valence-electron chi connectivity index (χ1n) is 4.51. The number of hydrogen-bond donors (Lipinski definition) is 0. The van der Waals surface area contributed by atoms with Crippen molar-refractivity contribution in [3.63, 3.8) is 0 Å². The first kappa shape index (κ1) is 10.5. The number of nitrogens with zero attached hydrogens (tertiary/aromatic N) is 1. The standard InChI is InChI=1S/C10H14ClNO/c1-2-3-7-13-8-9-5-4-6-12-10(9)11/h4-6H,2-3,7-8H2,1H3. The molecule has 1 rings (SSSR count). The lowest BCUT2D eigenvalue weighted by atomic mass is 10.3. The molecule has 72 valence electrons. The maximum absolute atomic E-state index is 5.85. The molecule has 3 heteroatoms. The summed E-state index contributed by atoms with van der Waals surface area (Å²) >= 11 is 5.85. The van der Waals surface area contributed by atoms with E-state index >= 15 is 0 Å². The molecule has 0 fully saturated rings. The van der Waals surface area contributed by atoms with Crippen LogP contribution in [-0.2, 0) is 11.3 Å². The van der Waals surface area contributed by atoms with Crippen LogP contribution in [0.5, 0.6) is 0 Å². The zero-order valence-corrected chi connectivity index (χ0v) is 8.55. The Morgan fingerprint density at radius 2 is 2.38 bits per heavy atom. The number of aromatic nitrogens is 1. The van der Waals surface area contributed by atoms with Gasteiger partial charge in [-0.2, -0.15) is 0 Å². The molecule has 0 saturated carbocycles. The summed E-state index contributed by atoms with van der Waals surface area (Å²) in [5.74, 6) is 0. The molecule has 2 nitrogen and oxygen atoms in total. The third kappa shape index (κ3) is 3.75. The highest BCUT2D eigenvalue weighted by atomic mass is 35.5. The highest BCUT2D eigenvalue weighted by Gasteiger charge is 1.98. The molecule has 0 atom stereocenters. The lowest BCUT2D eigenvalue weighted by Crippen LogP contribution is -1.96. The van der Waals surface area contributed by atoms with E-state index in [1.165, 1.54) is 0 Å². The first-order chi connectivity index (χ1) is 6.34. The molecule has 0 saturated heterocycles. The maximum Gasteiger partial charge on any atom is 0.134 e. The lowest BCUT2D eigenvalue weighted by Gasteiger charge is -2.03. The molecule has 0 unspecified atom stereocenters. The van der Waals surface area contributed by atoms with Crippen molar-refractivity contribution in [2.24, 2.45) is 0 Å². The van der Waals surface area contributed by atoms with Gasteiger partial charge in [-0.15, -0.1) is 0 Å². The van der Waals surface area contributed by atoms with Crippen LogP contribution in [-0.4, -0.2) is 11.6 Å². The number of unbranched alkanes of at least 4 members (excludes halogenated alkanes) is 1. The van der Waals surface area contributed by atoms with Gasteiger partial charge in [0.2, 0.25) is 0 Å². The van der Waals surface area contributed by atoms with Gasteiger partial charge in [0.15, 0.2) is 0 Å². The van der Waals surface area contributed by atoms with Gasteiger partial charge >= 0.3 is 0 Å². The Morgan fingerprint density at radius 1 is 1.54 bits per heavy atom. The number of rotatable bonds is 5. The third-order valence-corrected chi connectivity index (χ3v) is 2.08. The van der Waals surface area contributed by atoms with Crippen LogP contribution in [0.1, 0.15) is 25.3 Å². The molecule has 0 amide bonds. The predicted molar refractivity (Wildman–Crippen MR) is 53.8 cm³/mol. The normalized spacial score (nSPS) is 10.3. The highest BCUT2D eigenvalue weighted by molar-refractivity contribution is 6.30. The third-order valence-electron chi connectivity index (χ3n) is 1.74. The van der Waals surface area contributed by atoms with E-state index in [0.717, 1.165) is 25.0 Å². The van der Waals surface area contributed by atoms with Crippen LogP contribution in [0.2, 0.25) is 5.15 Å². The number of halogens is 1. The van der Waals surface area contributed by atoms with Crippen molar-refractivity contribution in [1.82, 2.24) is 4.98 Å². The van der Waals surface area contributed by atoms with Crippen LogP contribution in [0.3, 0.4) is 0 Å². The van der Waals surface area contributed by atoms with Crippen LogP contribution < -0.4 is 0 Å². The second-order valence-electron chi connectivity index (χ2n) is 2.86. The fourth-order valence-corrected chi connectivity index (χ4v) is 1.13. The van der Waals surface area contributed by atoms with E-state index in [1.54, 1.807) is 6.20 Å². The van der Waals surface area contributed by atoms with Crippen molar-refractivity contribution in [2.75, 3.05) is 6.61 Å². The topological polar surface area (TPSA) is 22.1 Å². The van der Waals surface area contributed by atoms with E-state index in [-0.39, 0.29) is 0 Å². The van der Waals surface area contributed by atoms with Crippen molar-refractivity contribution in [3.05, 3.63) is 29.0 Å². The summed E-state index contributed by atoms with van der Waals surface area (Å²) in [5, 5.41) is 0.541. The van der Waals surface area contributed by atoms with Crippen LogP contribution in [0.15, 0.2) is 18.3 Å². The first-order valence-corrected chi connectivity index (χ1v) is 4.89. The molecule has 0 aromatic carbocycles. The molecule has 1 aromatic rings. The van der Waals surface area contributed by atoms with Gasteiger partial charge in [-0.25, -0.2) is 4.98 Å². The molecule has 0 bridgehead atoms. The molecule has 1 aromatic heterocycles. The average molecular weight is 200 g/mol. The summed E-state index contributed by atoms with van der Waals surface area (Å²) in [4.78, 5) is 3.96. The Hall–Kier alpha value is -0.600. The molecule has 13 heavy (non-hydrogen) atoms. The monoisotopic (exact) mass is 199 g/mol. The minimum atomic E-state index is 0.541. The van der Waals surface area contributed by atoms with E-state index in [1.807, 2.05) is 12.1 Å². The quantitative estimate of drug-likeness (QED) is 0.537. The Labute approximate surface area is 83.9 Å². The van der Waals surface area contributed by atoms with Crippen molar-refractivity contribution < 1.29 is 4.74 Å². The molecule has 0 aliphatic carbocycles. The number of ether oxygens (including phenoxy) is 1. The Kier molecular flexibility index (Phi) is 4.79. The van der Waals surface area contributed by atoms with E-state index in [4.69, 9.17) is 16.3 Å². The molecule has 0 aliphatic rings. The number of pyridine rings is 1. The molecule has 1 heterocycles. The van der Waals surface area contributed by atoms with Gasteiger partial charge in [0, 0.05) is 18.4 Å². The smallest absolute Gasteiger partial charge is 0.134 e. The van der Waals surface area contributed by atoms with Crippen LogP contribution >= 0.6 is 11.6 Å². The van der Waals surface area contributed by atoms with Crippen molar-refractivity contribution in [1.29, 1.82) is 0 Å². The molecular weight excluding hydrogens is 186 g/mol. The second kappa shape index (κ2) is 5.95. The van der Waals surface area contributed by atoms with Crippen LogP contribution in [0.25, 0.3) is 0 Å². The molecular formula is C10H14ClNO. The SMILES string of the molecule is CCCCOCc1cccnc1Cl. The van der Waals surface area contributed by atoms with Gasteiger partial charge in [-0.3, -0.25) is 0 Å². The van der Waals surface area contributed by atoms with Crippen molar-refractivity contribution in [3.8, 4) is 0 Å². The Morgan fingerprint density at radius 3 is 3.08 bits per heavy atom. The Balaban J connectivity index is 2.32. The summed E-state index contributed by atoms with van der Waals surface area (Å²) in [6.45, 7) is 3.49. The summed E-state index contributed by atoms with van der Waals surface area (Å²) in [5.41, 5.74) is 0.959. The van der Waals surface area contributed by atoms with Gasteiger partial charge in [-0.1, -0.05) is 31.0 Å². The molecule has 0 N–H and O–H groups in total. The fourth-order valence-electron chi connectivity index (χ4n) is 0.956. The van der Waals surface area contributed by atoms with Gasteiger partial charge in [-0.05, 0) is 12.5 Å². The summed E-state index contributed by atoms with van der Waals surface area (Å²) in [7, 11) is 0. The summed E-state index contributed by atoms with van der Waals surface area (Å²) in [6, 6.07) is 3.80. The van der Waals surface area contributed by atoms with Gasteiger partial charge in [0.25, 0.3) is 0 Å². The predicted octanol–water partition coefficient (Wildman–Crippen LogP) is 3.05. The Bertz CT molecular complexity index is 252. The van der Waals surface area contributed by atoms with Gasteiger partial charge in [0.1, 0.15) is 5.15 Å². The lowest BCUT2D eigenvalue weighted by molar-refractivity contribution is 0.118. The van der Waals surface area contributed by atoms with E-state index in [2.05, 4.69) is 11.9 Å². The zero-order chi connectivity index (χ0) is 9.52. The van der Waals surface area contributed by atoms with E-state index in [9.17, 15) is 0 Å². The zero-order valence-electron chi connectivity index (χ0n) is 7.79. The molecule has 0 spiro atoms. The van der Waals surface area contributed by atoms with Gasteiger partial charge < -0.3 is 4.74 Å². The van der Waals surface area contributed by atoms with Crippen molar-refractivity contribution >= 4 is 11.6 Å². The largest absolute Gasteiger partial charge is 0.377 e. The fraction of sp³-hybridized carbons (Fsp3) is 0.500. The van der Waals surface area contributed by atoms with Crippen LogP contribution in [0, 0.1) is 0 Å². The minimum Gasteiger partial charge on any atom is -0.377 e. The van der Waals surface area contributed by atoms with Crippen LogP contribution in [0.4, 0.5) is 0 Å². The van der Waals surface area contributed by atoms with E-state index in [0.29, 0.717) is 11.8 Å².